The topological polar surface area (TPSA) is 12.0 Å². The predicted octanol–water partition coefficient (Wildman–Crippen LogP) is 2.76. The molecule has 1 heterocycles. The third-order valence-corrected chi connectivity index (χ3v) is 2.86. The molecule has 1 saturated heterocycles. The Morgan fingerprint density at radius 3 is 2.62 bits per heavy atom. The summed E-state index contributed by atoms with van der Waals surface area (Å²) < 4.78 is 26.9. The van der Waals surface area contributed by atoms with Crippen molar-refractivity contribution in [1.82, 2.24) is 5.32 Å². The molecule has 1 aromatic rings. The van der Waals surface area contributed by atoms with Crippen LogP contribution in [0.1, 0.15) is 18.0 Å². The first-order valence-corrected chi connectivity index (χ1v) is 4.86. The fourth-order valence-corrected chi connectivity index (χ4v) is 1.74. The molecule has 1 unspecified atom stereocenters. The predicted molar refractivity (Wildman–Crippen MR) is 49.4 cm³/mol. The second-order valence-electron chi connectivity index (χ2n) is 3.05. The lowest BCUT2D eigenvalue weighted by atomic mass is 9.97. The number of halogens is 3. The lowest BCUT2D eigenvalue weighted by molar-refractivity contribution is 0.355. The van der Waals surface area contributed by atoms with Crippen LogP contribution in [0.25, 0.3) is 0 Å². The summed E-state index contributed by atoms with van der Waals surface area (Å²) in [5, 5.41) is 2.97. The molecule has 1 aromatic carbocycles. The van der Waals surface area contributed by atoms with E-state index in [0.29, 0.717) is 4.47 Å². The van der Waals surface area contributed by atoms with Gasteiger partial charge >= 0.3 is 0 Å². The summed E-state index contributed by atoms with van der Waals surface area (Å²) in [7, 11) is 0. The molecule has 2 rings (SSSR count). The molecule has 4 heteroatoms. The van der Waals surface area contributed by atoms with Crippen LogP contribution < -0.4 is 5.32 Å². The average molecular weight is 248 g/mol. The average Bonchev–Trinajstić information content (AvgIpc) is 2.02. The molecule has 13 heavy (non-hydrogen) atoms. The number of hydrogen-bond acceptors (Lipinski definition) is 1. The van der Waals surface area contributed by atoms with Gasteiger partial charge in [-0.05, 0) is 41.0 Å². The minimum atomic E-state index is -0.489. The smallest absolute Gasteiger partial charge is 0.145 e. The van der Waals surface area contributed by atoms with Gasteiger partial charge < -0.3 is 5.32 Å². The van der Waals surface area contributed by atoms with Crippen molar-refractivity contribution in [1.29, 1.82) is 0 Å². The van der Waals surface area contributed by atoms with E-state index in [-0.39, 0.29) is 11.6 Å². The van der Waals surface area contributed by atoms with Crippen molar-refractivity contribution in [3.63, 3.8) is 0 Å². The Bertz CT molecular complexity index is 337. The van der Waals surface area contributed by atoms with Crippen LogP contribution in [-0.2, 0) is 0 Å². The standard InChI is InChI=1S/C9H8BrF2N/c10-5-1-2-6(11)8(9(5)12)7-3-4-13-7/h1-2,7,13H,3-4H2. The van der Waals surface area contributed by atoms with E-state index in [2.05, 4.69) is 21.2 Å². The van der Waals surface area contributed by atoms with Crippen LogP contribution in [0.15, 0.2) is 16.6 Å². The Balaban J connectivity index is 2.46. The Kier molecular flexibility index (Phi) is 2.34. The van der Waals surface area contributed by atoms with Gasteiger partial charge in [0.05, 0.1) is 4.47 Å². The van der Waals surface area contributed by atoms with Gasteiger partial charge in [-0.25, -0.2) is 8.78 Å². The first-order chi connectivity index (χ1) is 6.20. The van der Waals surface area contributed by atoms with Gasteiger partial charge in [-0.15, -0.1) is 0 Å². The number of rotatable bonds is 1. The van der Waals surface area contributed by atoms with Gasteiger partial charge in [-0.2, -0.15) is 0 Å². The Labute approximate surface area is 83.3 Å². The van der Waals surface area contributed by atoms with Gasteiger partial charge in [0, 0.05) is 11.6 Å². The van der Waals surface area contributed by atoms with E-state index in [1.165, 1.54) is 12.1 Å². The second kappa shape index (κ2) is 3.35. The first-order valence-electron chi connectivity index (χ1n) is 4.07. The van der Waals surface area contributed by atoms with Crippen molar-refractivity contribution in [3.8, 4) is 0 Å². The van der Waals surface area contributed by atoms with Gasteiger partial charge in [0.1, 0.15) is 11.6 Å². The second-order valence-corrected chi connectivity index (χ2v) is 3.91. The number of nitrogens with one attached hydrogen (secondary N) is 1. The van der Waals surface area contributed by atoms with Gasteiger partial charge in [0.2, 0.25) is 0 Å². The van der Waals surface area contributed by atoms with E-state index < -0.39 is 11.6 Å². The van der Waals surface area contributed by atoms with E-state index in [9.17, 15) is 8.78 Å². The maximum Gasteiger partial charge on any atom is 0.145 e. The Morgan fingerprint density at radius 1 is 1.38 bits per heavy atom. The maximum atomic E-state index is 13.4. The van der Waals surface area contributed by atoms with Crippen LogP contribution in [-0.4, -0.2) is 6.54 Å². The van der Waals surface area contributed by atoms with Crippen LogP contribution in [0.3, 0.4) is 0 Å². The molecule has 0 aliphatic carbocycles. The summed E-state index contributed by atoms with van der Waals surface area (Å²) in [6, 6.07) is 2.51. The summed E-state index contributed by atoms with van der Waals surface area (Å²) in [5.74, 6) is -0.963. The van der Waals surface area contributed by atoms with Gasteiger partial charge in [0.25, 0.3) is 0 Å². The lowest BCUT2D eigenvalue weighted by Gasteiger charge is -2.28. The third-order valence-electron chi connectivity index (χ3n) is 2.25. The summed E-state index contributed by atoms with van der Waals surface area (Å²) in [6.45, 7) is 0.829. The Hall–Kier alpha value is -0.480. The van der Waals surface area contributed by atoms with Crippen molar-refractivity contribution < 1.29 is 8.78 Å². The molecule has 1 nitrogen and oxygen atoms in total. The van der Waals surface area contributed by atoms with Gasteiger partial charge in [-0.1, -0.05) is 0 Å². The molecule has 0 radical (unpaired) electrons. The normalized spacial score (nSPS) is 21.3. The molecular weight excluding hydrogens is 240 g/mol. The van der Waals surface area contributed by atoms with Crippen LogP contribution >= 0.6 is 15.9 Å². The van der Waals surface area contributed by atoms with Gasteiger partial charge in [0.15, 0.2) is 0 Å². The highest BCUT2D eigenvalue weighted by Crippen LogP contribution is 2.31. The zero-order valence-corrected chi connectivity index (χ0v) is 8.37. The number of benzene rings is 1. The van der Waals surface area contributed by atoms with Crippen LogP contribution in [0, 0.1) is 11.6 Å². The highest BCUT2D eigenvalue weighted by molar-refractivity contribution is 9.10. The van der Waals surface area contributed by atoms with E-state index in [1.54, 1.807) is 0 Å². The highest BCUT2D eigenvalue weighted by atomic mass is 79.9. The zero-order valence-electron chi connectivity index (χ0n) is 6.78. The van der Waals surface area contributed by atoms with E-state index >= 15 is 0 Å². The Morgan fingerprint density at radius 2 is 2.08 bits per heavy atom. The van der Waals surface area contributed by atoms with Crippen molar-refractivity contribution in [2.24, 2.45) is 0 Å². The fraction of sp³-hybridized carbons (Fsp3) is 0.333. The van der Waals surface area contributed by atoms with Crippen molar-refractivity contribution in [2.45, 2.75) is 12.5 Å². The molecular formula is C9H8BrF2N. The minimum absolute atomic E-state index is 0.153. The first kappa shape index (κ1) is 9.09. The maximum absolute atomic E-state index is 13.4. The molecule has 0 aromatic heterocycles. The fourth-order valence-electron chi connectivity index (χ4n) is 1.40. The third kappa shape index (κ3) is 1.48. The lowest BCUT2D eigenvalue weighted by Crippen LogP contribution is -2.36. The van der Waals surface area contributed by atoms with Crippen molar-refractivity contribution in [3.05, 3.63) is 33.8 Å². The monoisotopic (exact) mass is 247 g/mol. The van der Waals surface area contributed by atoms with Crippen molar-refractivity contribution in [2.75, 3.05) is 6.54 Å². The SMILES string of the molecule is Fc1ccc(Br)c(F)c1C1CCN1. The van der Waals surface area contributed by atoms with E-state index in [1.807, 2.05) is 0 Å². The number of hydrogen-bond donors (Lipinski definition) is 1. The molecule has 1 atom stereocenters. The summed E-state index contributed by atoms with van der Waals surface area (Å²) in [4.78, 5) is 0. The molecule has 0 amide bonds. The molecule has 1 aliphatic heterocycles. The van der Waals surface area contributed by atoms with Crippen LogP contribution in [0.5, 0.6) is 0 Å². The highest BCUT2D eigenvalue weighted by Gasteiger charge is 2.26. The molecule has 1 fully saturated rings. The van der Waals surface area contributed by atoms with Crippen LogP contribution in [0.2, 0.25) is 0 Å². The molecule has 1 aliphatic rings. The molecule has 0 saturated carbocycles. The van der Waals surface area contributed by atoms with Gasteiger partial charge in [-0.3, -0.25) is 0 Å². The molecule has 70 valence electrons. The van der Waals surface area contributed by atoms with E-state index in [0.717, 1.165) is 13.0 Å². The summed E-state index contributed by atoms with van der Waals surface area (Å²) in [5.41, 5.74) is 0.153. The molecule has 1 N–H and O–H groups in total. The minimum Gasteiger partial charge on any atom is -0.310 e. The van der Waals surface area contributed by atoms with Crippen LogP contribution in [0.4, 0.5) is 8.78 Å². The van der Waals surface area contributed by atoms with Crippen molar-refractivity contribution >= 4 is 15.9 Å². The summed E-state index contributed by atoms with van der Waals surface area (Å²) in [6.07, 6.45) is 0.796. The van der Waals surface area contributed by atoms with E-state index in [4.69, 9.17) is 0 Å². The molecule has 0 bridgehead atoms. The largest absolute Gasteiger partial charge is 0.310 e. The molecule has 0 spiro atoms. The summed E-state index contributed by atoms with van der Waals surface area (Å²) >= 11 is 3.03. The quantitative estimate of drug-likeness (QED) is 0.753. The zero-order chi connectivity index (χ0) is 9.42.